The molecule has 2 aliphatic carbocycles. The molecule has 7 nitrogen and oxygen atoms in total. The molecular weight excluding hydrogens is 529 g/mol. The summed E-state index contributed by atoms with van der Waals surface area (Å²) in [6, 6.07) is 5.07. The van der Waals surface area contributed by atoms with Crippen molar-refractivity contribution in [3.63, 3.8) is 0 Å². The number of aromatic nitrogens is 2. The lowest BCUT2D eigenvalue weighted by Gasteiger charge is -2.37. The Balaban J connectivity index is 1.13. The first-order valence-corrected chi connectivity index (χ1v) is 15.8. The summed E-state index contributed by atoms with van der Waals surface area (Å²) in [5.41, 5.74) is 4.47. The number of halogens is 2. The molecule has 5 heterocycles. The molecule has 1 aromatic carbocycles. The molecule has 6 aliphatic rings. The van der Waals surface area contributed by atoms with Gasteiger partial charge in [-0.05, 0) is 99.4 Å². The first-order valence-electron chi connectivity index (χ1n) is 15.4. The average molecular weight is 568 g/mol. The molecule has 0 amide bonds. The molecule has 4 aliphatic heterocycles. The molecule has 9 heteroatoms. The van der Waals surface area contributed by atoms with Gasteiger partial charge >= 0.3 is 6.01 Å². The highest BCUT2D eigenvalue weighted by Gasteiger charge is 2.49. The molecule has 5 atom stereocenters. The second-order valence-electron chi connectivity index (χ2n) is 13.3. The number of phenols is 1. The number of hydrogen-bond acceptors (Lipinski definition) is 7. The van der Waals surface area contributed by atoms with E-state index in [0.717, 1.165) is 76.1 Å². The van der Waals surface area contributed by atoms with Gasteiger partial charge in [-0.1, -0.05) is 11.6 Å². The number of alkyl halides is 1. The molecule has 214 valence electrons. The summed E-state index contributed by atoms with van der Waals surface area (Å²) in [7, 11) is 0. The van der Waals surface area contributed by atoms with Crippen LogP contribution >= 0.6 is 11.6 Å². The third-order valence-electron chi connectivity index (χ3n) is 10.6. The number of aromatic hydroxyl groups is 1. The normalized spacial score (nSPS) is 33.3. The van der Waals surface area contributed by atoms with Gasteiger partial charge in [0.1, 0.15) is 24.3 Å². The van der Waals surface area contributed by atoms with Crippen molar-refractivity contribution < 1.29 is 14.2 Å². The molecule has 2 bridgehead atoms. The number of ether oxygens (including phenoxy) is 1. The van der Waals surface area contributed by atoms with E-state index in [1.165, 1.54) is 29.5 Å². The van der Waals surface area contributed by atoms with Gasteiger partial charge in [-0.25, -0.2) is 4.39 Å². The summed E-state index contributed by atoms with van der Waals surface area (Å²) in [6.45, 7) is 3.81. The molecule has 2 aromatic rings. The molecule has 8 rings (SSSR count). The summed E-state index contributed by atoms with van der Waals surface area (Å²) in [4.78, 5) is 14.9. The van der Waals surface area contributed by atoms with Gasteiger partial charge in [0.25, 0.3) is 0 Å². The molecule has 1 saturated carbocycles. The Hall–Kier alpha value is -2.16. The number of fused-ring (bicyclic) bond motifs is 4. The zero-order valence-corrected chi connectivity index (χ0v) is 23.8. The highest BCUT2D eigenvalue weighted by molar-refractivity contribution is 6.31. The Kier molecular flexibility index (Phi) is 6.20. The number of benzene rings is 1. The van der Waals surface area contributed by atoms with Crippen molar-refractivity contribution in [1.82, 2.24) is 20.2 Å². The van der Waals surface area contributed by atoms with Gasteiger partial charge in [-0.2, -0.15) is 9.97 Å². The largest absolute Gasteiger partial charge is 0.508 e. The first-order chi connectivity index (χ1) is 19.4. The SMILES string of the molecule is Oc1cc(Cl)c(C2CC2)c(C2CCc3c(nc(OC[C@@]45CCCN4C[C@H](F)C5)nc3N3C[C@H]4CC[C@@H](C3)N4)C2)c1. The van der Waals surface area contributed by atoms with Crippen LogP contribution in [-0.4, -0.2) is 76.6 Å². The molecule has 1 unspecified atom stereocenters. The highest BCUT2D eigenvalue weighted by atomic mass is 35.5. The Morgan fingerprint density at radius 2 is 1.90 bits per heavy atom. The molecule has 4 saturated heterocycles. The maximum absolute atomic E-state index is 14.4. The Morgan fingerprint density at radius 1 is 1.07 bits per heavy atom. The van der Waals surface area contributed by atoms with Gasteiger partial charge in [0.05, 0.1) is 11.2 Å². The van der Waals surface area contributed by atoms with E-state index in [1.807, 2.05) is 6.07 Å². The van der Waals surface area contributed by atoms with Crippen LogP contribution in [0.2, 0.25) is 5.02 Å². The van der Waals surface area contributed by atoms with E-state index in [9.17, 15) is 9.50 Å². The minimum atomic E-state index is -0.782. The van der Waals surface area contributed by atoms with Crippen LogP contribution in [-0.2, 0) is 12.8 Å². The zero-order chi connectivity index (χ0) is 27.0. The number of hydrogen-bond donors (Lipinski definition) is 2. The highest BCUT2D eigenvalue weighted by Crippen LogP contribution is 2.50. The van der Waals surface area contributed by atoms with Gasteiger partial charge in [-0.3, -0.25) is 4.90 Å². The molecule has 40 heavy (non-hydrogen) atoms. The number of rotatable bonds is 6. The summed E-state index contributed by atoms with van der Waals surface area (Å²) in [5, 5.41) is 14.9. The van der Waals surface area contributed by atoms with E-state index in [4.69, 9.17) is 26.3 Å². The number of phenolic OH excluding ortho intramolecular Hbond substituents is 1. The Bertz CT molecular complexity index is 1310. The van der Waals surface area contributed by atoms with Crippen molar-refractivity contribution >= 4 is 17.4 Å². The third kappa shape index (κ3) is 4.45. The fourth-order valence-corrected chi connectivity index (χ4v) is 8.92. The smallest absolute Gasteiger partial charge is 0.318 e. The Labute approximate surface area is 240 Å². The monoisotopic (exact) mass is 567 g/mol. The van der Waals surface area contributed by atoms with Crippen molar-refractivity contribution in [2.24, 2.45) is 0 Å². The molecular formula is C31H39ClFN5O2. The minimum Gasteiger partial charge on any atom is -0.508 e. The van der Waals surface area contributed by atoms with Gasteiger partial charge in [0, 0.05) is 48.7 Å². The molecule has 0 radical (unpaired) electrons. The van der Waals surface area contributed by atoms with Crippen LogP contribution in [0.3, 0.4) is 0 Å². The maximum Gasteiger partial charge on any atom is 0.318 e. The molecule has 1 aromatic heterocycles. The lowest BCUT2D eigenvalue weighted by atomic mass is 9.79. The number of piperazine rings is 1. The quantitative estimate of drug-likeness (QED) is 0.515. The predicted molar refractivity (Wildman–Crippen MR) is 153 cm³/mol. The predicted octanol–water partition coefficient (Wildman–Crippen LogP) is 4.88. The van der Waals surface area contributed by atoms with Crippen LogP contribution < -0.4 is 15.0 Å². The zero-order valence-electron chi connectivity index (χ0n) is 23.0. The van der Waals surface area contributed by atoms with Crippen LogP contribution in [0.5, 0.6) is 11.8 Å². The summed E-state index contributed by atoms with van der Waals surface area (Å²) >= 11 is 6.68. The van der Waals surface area contributed by atoms with Crippen molar-refractivity contribution in [2.45, 2.75) is 99.8 Å². The summed E-state index contributed by atoms with van der Waals surface area (Å²) in [6.07, 6.45) is 9.23. The molecule has 2 N–H and O–H groups in total. The topological polar surface area (TPSA) is 73.8 Å². The van der Waals surface area contributed by atoms with E-state index in [0.29, 0.717) is 48.6 Å². The summed E-state index contributed by atoms with van der Waals surface area (Å²) in [5.74, 6) is 2.01. The van der Waals surface area contributed by atoms with Crippen molar-refractivity contribution in [3.05, 3.63) is 39.5 Å². The lowest BCUT2D eigenvalue weighted by Crippen LogP contribution is -2.51. The van der Waals surface area contributed by atoms with Crippen molar-refractivity contribution in [1.29, 1.82) is 0 Å². The second-order valence-corrected chi connectivity index (χ2v) is 13.7. The van der Waals surface area contributed by atoms with Gasteiger partial charge < -0.3 is 20.1 Å². The summed E-state index contributed by atoms with van der Waals surface area (Å²) < 4.78 is 20.8. The van der Waals surface area contributed by atoms with E-state index >= 15 is 0 Å². The fourth-order valence-electron chi connectivity index (χ4n) is 8.55. The van der Waals surface area contributed by atoms with E-state index < -0.39 is 6.17 Å². The van der Waals surface area contributed by atoms with E-state index in [2.05, 4.69) is 15.1 Å². The number of anilines is 1. The maximum atomic E-state index is 14.4. The standard InChI is InChI=1S/C31H39ClFN5O2/c32-26-12-23(39)11-25(28(26)18-2-3-18)19-4-7-24-27(10-19)35-30(36-29(24)37-15-21-5-6-22(16-37)34-21)40-17-31-8-1-9-38(31)14-20(33)13-31/h11-12,18-22,34,39H,1-10,13-17H2/t19?,20-,21-,22+,31+/m1/s1. The van der Waals surface area contributed by atoms with Gasteiger partial charge in [-0.15, -0.1) is 0 Å². The van der Waals surface area contributed by atoms with E-state index in [1.54, 1.807) is 6.07 Å². The number of nitrogens with one attached hydrogen (secondary N) is 1. The number of nitrogens with zero attached hydrogens (tertiary/aromatic N) is 4. The lowest BCUT2D eigenvalue weighted by molar-refractivity contribution is 0.107. The fraction of sp³-hybridized carbons (Fsp3) is 0.677. The second kappa shape index (κ2) is 9.70. The van der Waals surface area contributed by atoms with E-state index in [-0.39, 0.29) is 17.2 Å². The van der Waals surface area contributed by atoms with Gasteiger partial charge in [0.2, 0.25) is 0 Å². The van der Waals surface area contributed by atoms with Crippen LogP contribution in [0, 0.1) is 0 Å². The third-order valence-corrected chi connectivity index (χ3v) is 10.9. The van der Waals surface area contributed by atoms with Crippen LogP contribution in [0.15, 0.2) is 12.1 Å². The van der Waals surface area contributed by atoms with Gasteiger partial charge in [0.15, 0.2) is 0 Å². The van der Waals surface area contributed by atoms with Crippen LogP contribution in [0.1, 0.15) is 85.6 Å². The van der Waals surface area contributed by atoms with Crippen molar-refractivity contribution in [3.8, 4) is 11.8 Å². The Morgan fingerprint density at radius 3 is 2.70 bits per heavy atom. The minimum absolute atomic E-state index is 0.229. The molecule has 5 fully saturated rings. The average Bonchev–Trinajstić information content (AvgIpc) is 3.51. The van der Waals surface area contributed by atoms with Crippen LogP contribution in [0.4, 0.5) is 10.2 Å². The van der Waals surface area contributed by atoms with Crippen LogP contribution in [0.25, 0.3) is 0 Å². The molecule has 0 spiro atoms. The first kappa shape index (κ1) is 25.5. The van der Waals surface area contributed by atoms with Crippen molar-refractivity contribution in [2.75, 3.05) is 37.7 Å².